The van der Waals surface area contributed by atoms with Crippen molar-refractivity contribution in [2.45, 2.75) is 5.41 Å². The van der Waals surface area contributed by atoms with Gasteiger partial charge in [0.05, 0.1) is 5.41 Å². The van der Waals surface area contributed by atoms with Crippen LogP contribution < -0.4 is 11.5 Å². The average Bonchev–Trinajstić information content (AvgIpc) is 3.06. The SMILES string of the molecule is Nc1ccc(C2(c3ccc(N)cc3)c3cc(I)ccc3-c3cccc(C#CI)c32)cc1. The molecule has 0 heterocycles. The predicted molar refractivity (Wildman–Crippen MR) is 146 cm³/mol. The number of hydrogen-bond donors (Lipinski definition) is 2. The van der Waals surface area contributed by atoms with E-state index in [-0.39, 0.29) is 0 Å². The van der Waals surface area contributed by atoms with Gasteiger partial charge in [-0.05, 0) is 102 Å². The lowest BCUT2D eigenvalue weighted by Crippen LogP contribution is -2.29. The third-order valence-corrected chi connectivity index (χ3v) is 6.93. The molecule has 1 aliphatic carbocycles. The first kappa shape index (κ1) is 20.4. The Labute approximate surface area is 209 Å². The van der Waals surface area contributed by atoms with E-state index in [0.29, 0.717) is 0 Å². The van der Waals surface area contributed by atoms with Crippen LogP contribution in [0.1, 0.15) is 27.8 Å². The highest BCUT2D eigenvalue weighted by Crippen LogP contribution is 2.57. The van der Waals surface area contributed by atoms with E-state index >= 15 is 0 Å². The molecule has 4 aromatic carbocycles. The fourth-order valence-corrected chi connectivity index (χ4v) is 5.55. The molecule has 150 valence electrons. The topological polar surface area (TPSA) is 52.0 Å². The third-order valence-electron chi connectivity index (χ3n) is 5.98. The number of anilines is 2. The normalized spacial score (nSPS) is 13.1. The highest BCUT2D eigenvalue weighted by molar-refractivity contribution is 14.1. The second kappa shape index (κ2) is 7.88. The van der Waals surface area contributed by atoms with E-state index in [2.05, 4.69) is 116 Å². The Hall–Kier alpha value is -2.50. The molecule has 0 amide bonds. The van der Waals surface area contributed by atoms with Gasteiger partial charge in [0.25, 0.3) is 0 Å². The Morgan fingerprint density at radius 1 is 0.710 bits per heavy atom. The zero-order valence-corrected chi connectivity index (χ0v) is 20.8. The standard InChI is InChI=1S/C27H18I2N2/c28-15-14-17-2-1-3-24-23-13-8-20(29)16-25(23)27(26(17)24,18-4-9-21(30)10-5-18)19-6-11-22(31)12-7-19/h1-13,16H,30-31H2. The number of fused-ring (bicyclic) bond motifs is 3. The molecule has 0 bridgehead atoms. The van der Waals surface area contributed by atoms with Crippen LogP contribution in [0.25, 0.3) is 11.1 Å². The summed E-state index contributed by atoms with van der Waals surface area (Å²) in [5.41, 5.74) is 21.4. The van der Waals surface area contributed by atoms with Crippen molar-refractivity contribution in [3.63, 3.8) is 0 Å². The van der Waals surface area contributed by atoms with Gasteiger partial charge < -0.3 is 11.5 Å². The molecule has 0 fully saturated rings. The molecule has 4 heteroatoms. The van der Waals surface area contributed by atoms with Crippen LogP contribution in [0, 0.1) is 13.4 Å². The van der Waals surface area contributed by atoms with Gasteiger partial charge in [0.2, 0.25) is 0 Å². The minimum atomic E-state index is -0.510. The Morgan fingerprint density at radius 3 is 1.90 bits per heavy atom. The first-order valence-electron chi connectivity index (χ1n) is 9.83. The molecule has 1 aliphatic rings. The summed E-state index contributed by atoms with van der Waals surface area (Å²) in [5, 5.41) is 0. The van der Waals surface area contributed by atoms with Crippen LogP contribution in [0.3, 0.4) is 0 Å². The Bertz CT molecular complexity index is 1320. The molecule has 31 heavy (non-hydrogen) atoms. The Balaban J connectivity index is 2.01. The van der Waals surface area contributed by atoms with Gasteiger partial charge in [-0.25, -0.2) is 0 Å². The monoisotopic (exact) mass is 624 g/mol. The van der Waals surface area contributed by atoms with Crippen molar-refractivity contribution in [3.8, 4) is 21.0 Å². The summed E-state index contributed by atoms with van der Waals surface area (Å²) < 4.78 is 4.28. The molecule has 0 aliphatic heterocycles. The summed E-state index contributed by atoms with van der Waals surface area (Å²) in [6.07, 6.45) is 0. The number of benzene rings is 4. The molecular formula is C27H18I2N2. The minimum Gasteiger partial charge on any atom is -0.399 e. The van der Waals surface area contributed by atoms with Gasteiger partial charge in [-0.3, -0.25) is 0 Å². The number of nitrogens with two attached hydrogens (primary N) is 2. The molecule has 5 rings (SSSR count). The van der Waals surface area contributed by atoms with Crippen LogP contribution in [0.2, 0.25) is 0 Å². The minimum absolute atomic E-state index is 0.510. The van der Waals surface area contributed by atoms with E-state index in [4.69, 9.17) is 11.5 Å². The quantitative estimate of drug-likeness (QED) is 0.133. The number of rotatable bonds is 2. The first-order chi connectivity index (χ1) is 15.1. The molecule has 4 aromatic rings. The summed E-state index contributed by atoms with van der Waals surface area (Å²) in [7, 11) is 0. The van der Waals surface area contributed by atoms with Crippen molar-refractivity contribution < 1.29 is 0 Å². The Morgan fingerprint density at radius 2 is 1.32 bits per heavy atom. The number of halogens is 2. The van der Waals surface area contributed by atoms with Gasteiger partial charge in [-0.2, -0.15) is 0 Å². The van der Waals surface area contributed by atoms with Crippen LogP contribution in [-0.2, 0) is 5.41 Å². The van der Waals surface area contributed by atoms with E-state index < -0.39 is 5.41 Å². The van der Waals surface area contributed by atoms with Gasteiger partial charge in [0.1, 0.15) is 0 Å². The maximum atomic E-state index is 6.08. The maximum absolute atomic E-state index is 6.08. The van der Waals surface area contributed by atoms with Crippen molar-refractivity contribution in [2.24, 2.45) is 0 Å². The van der Waals surface area contributed by atoms with Crippen LogP contribution in [-0.4, -0.2) is 0 Å². The first-order valence-corrected chi connectivity index (χ1v) is 12.0. The molecule has 0 atom stereocenters. The molecular weight excluding hydrogens is 606 g/mol. The Kier molecular flexibility index (Phi) is 5.19. The summed E-state index contributed by atoms with van der Waals surface area (Å²) >= 11 is 4.51. The zero-order valence-electron chi connectivity index (χ0n) is 16.5. The largest absolute Gasteiger partial charge is 0.399 e. The smallest absolute Gasteiger partial charge is 0.0726 e. The van der Waals surface area contributed by atoms with Crippen molar-refractivity contribution in [3.05, 3.63) is 116 Å². The molecule has 0 aromatic heterocycles. The molecule has 0 unspecified atom stereocenters. The van der Waals surface area contributed by atoms with E-state index in [9.17, 15) is 0 Å². The van der Waals surface area contributed by atoms with Crippen molar-refractivity contribution in [2.75, 3.05) is 11.5 Å². The second-order valence-corrected chi connectivity index (χ2v) is 9.42. The third kappa shape index (κ3) is 3.14. The van der Waals surface area contributed by atoms with E-state index in [0.717, 1.165) is 28.1 Å². The van der Waals surface area contributed by atoms with Crippen molar-refractivity contribution in [1.29, 1.82) is 0 Å². The fourth-order valence-electron chi connectivity index (χ4n) is 4.76. The molecule has 0 radical (unpaired) electrons. The van der Waals surface area contributed by atoms with E-state index in [1.165, 1.54) is 25.8 Å². The maximum Gasteiger partial charge on any atom is 0.0726 e. The fraction of sp³-hybridized carbons (Fsp3) is 0.0370. The van der Waals surface area contributed by atoms with Crippen LogP contribution in [0.5, 0.6) is 0 Å². The molecule has 0 saturated heterocycles. The molecule has 0 spiro atoms. The van der Waals surface area contributed by atoms with Gasteiger partial charge >= 0.3 is 0 Å². The summed E-state index contributed by atoms with van der Waals surface area (Å²) in [6, 6.07) is 29.6. The molecule has 4 N–H and O–H groups in total. The van der Waals surface area contributed by atoms with Crippen LogP contribution in [0.15, 0.2) is 84.9 Å². The lowest BCUT2D eigenvalue weighted by molar-refractivity contribution is 0.766. The lowest BCUT2D eigenvalue weighted by atomic mass is 9.66. The van der Waals surface area contributed by atoms with Crippen LogP contribution >= 0.6 is 45.2 Å². The van der Waals surface area contributed by atoms with E-state index in [1.54, 1.807) is 0 Å². The van der Waals surface area contributed by atoms with Gasteiger partial charge in [-0.15, -0.1) is 0 Å². The summed E-state index contributed by atoms with van der Waals surface area (Å²) in [5.74, 6) is 3.36. The number of nitrogen functional groups attached to an aromatic ring is 2. The lowest BCUT2D eigenvalue weighted by Gasteiger charge is -2.34. The van der Waals surface area contributed by atoms with Gasteiger partial charge in [0.15, 0.2) is 0 Å². The summed E-state index contributed by atoms with van der Waals surface area (Å²) in [4.78, 5) is 0. The van der Waals surface area contributed by atoms with Crippen molar-refractivity contribution >= 4 is 56.6 Å². The molecule has 0 saturated carbocycles. The van der Waals surface area contributed by atoms with Crippen LogP contribution in [0.4, 0.5) is 11.4 Å². The number of hydrogen-bond acceptors (Lipinski definition) is 2. The highest BCUT2D eigenvalue weighted by atomic mass is 127. The second-order valence-electron chi connectivity index (χ2n) is 7.63. The van der Waals surface area contributed by atoms with Crippen molar-refractivity contribution in [1.82, 2.24) is 0 Å². The average molecular weight is 624 g/mol. The van der Waals surface area contributed by atoms with Gasteiger partial charge in [-0.1, -0.05) is 48.4 Å². The van der Waals surface area contributed by atoms with Gasteiger partial charge in [0, 0.05) is 43.1 Å². The summed E-state index contributed by atoms with van der Waals surface area (Å²) in [6.45, 7) is 0. The highest BCUT2D eigenvalue weighted by Gasteiger charge is 2.47. The predicted octanol–water partition coefficient (Wildman–Crippen LogP) is 6.56. The molecule has 2 nitrogen and oxygen atoms in total. The van der Waals surface area contributed by atoms with E-state index in [1.807, 2.05) is 24.3 Å². The zero-order chi connectivity index (χ0) is 21.6.